The SMILES string of the molecule is [2H]c1c([2H])c([2H])c(-[n+]2cccc(C(N)=O)c2)c([2H])c1[2H].[Cl-]. The Hall–Kier alpha value is -1.87. The molecule has 16 heavy (non-hydrogen) atoms. The molecule has 82 valence electrons. The van der Waals surface area contributed by atoms with Crippen LogP contribution in [-0.4, -0.2) is 5.91 Å². The molecule has 2 N–H and O–H groups in total. The van der Waals surface area contributed by atoms with Gasteiger partial charge < -0.3 is 18.1 Å². The van der Waals surface area contributed by atoms with Crippen LogP contribution in [0.15, 0.2) is 54.7 Å². The van der Waals surface area contributed by atoms with Crippen molar-refractivity contribution < 1.29 is 28.6 Å². The number of aromatic nitrogens is 1. The van der Waals surface area contributed by atoms with Gasteiger partial charge in [0.1, 0.15) is 5.56 Å². The average Bonchev–Trinajstić information content (AvgIpc) is 2.43. The highest BCUT2D eigenvalue weighted by Crippen LogP contribution is 1.99. The van der Waals surface area contributed by atoms with Gasteiger partial charge in [-0.3, -0.25) is 4.79 Å². The van der Waals surface area contributed by atoms with Crippen LogP contribution in [0.1, 0.15) is 17.2 Å². The molecule has 0 saturated heterocycles. The Balaban J connectivity index is 0.00000220. The number of benzene rings is 1. The van der Waals surface area contributed by atoms with Crippen LogP contribution in [0.2, 0.25) is 0 Å². The van der Waals surface area contributed by atoms with Crippen molar-refractivity contribution in [3.8, 4) is 5.69 Å². The third kappa shape index (κ3) is 2.58. The lowest BCUT2D eigenvalue weighted by Gasteiger charge is -1.96. The maximum Gasteiger partial charge on any atom is 0.254 e. The Bertz CT molecular complexity index is 694. The molecule has 2 rings (SSSR count). The summed E-state index contributed by atoms with van der Waals surface area (Å²) >= 11 is 0. The summed E-state index contributed by atoms with van der Waals surface area (Å²) in [5, 5.41) is 0. The van der Waals surface area contributed by atoms with Crippen LogP contribution in [0.4, 0.5) is 0 Å². The quantitative estimate of drug-likeness (QED) is 0.610. The van der Waals surface area contributed by atoms with Crippen LogP contribution in [0.25, 0.3) is 5.69 Å². The van der Waals surface area contributed by atoms with E-state index in [-0.39, 0.29) is 35.7 Å². The Labute approximate surface area is 107 Å². The first kappa shape index (κ1) is 6.66. The molecule has 4 heteroatoms. The number of nitrogens with zero attached hydrogens (tertiary/aromatic N) is 1. The minimum Gasteiger partial charge on any atom is -1.00 e. The maximum atomic E-state index is 11.2. The molecule has 0 aliphatic heterocycles. The Kier molecular flexibility index (Phi) is 2.20. The number of rotatable bonds is 2. The summed E-state index contributed by atoms with van der Waals surface area (Å²) in [4.78, 5) is 11.2. The molecule has 0 fully saturated rings. The molecule has 0 atom stereocenters. The van der Waals surface area contributed by atoms with Gasteiger partial charge in [0.2, 0.25) is 5.69 Å². The molecule has 3 nitrogen and oxygen atoms in total. The van der Waals surface area contributed by atoms with E-state index in [4.69, 9.17) is 12.6 Å². The summed E-state index contributed by atoms with van der Waals surface area (Å²) in [5.74, 6) is -0.660. The smallest absolute Gasteiger partial charge is 0.254 e. The predicted molar refractivity (Wildman–Crippen MR) is 56.5 cm³/mol. The summed E-state index contributed by atoms with van der Waals surface area (Å²) in [7, 11) is 0. The normalized spacial score (nSPS) is 13.6. The van der Waals surface area contributed by atoms with Crippen molar-refractivity contribution >= 4 is 5.91 Å². The highest BCUT2D eigenvalue weighted by molar-refractivity contribution is 5.92. The number of nitrogens with two attached hydrogens (primary N) is 1. The van der Waals surface area contributed by atoms with Gasteiger partial charge in [0, 0.05) is 18.2 Å². The fourth-order valence-corrected chi connectivity index (χ4v) is 1.13. The number of hydrogen-bond acceptors (Lipinski definition) is 1. The van der Waals surface area contributed by atoms with Crippen LogP contribution in [0.3, 0.4) is 0 Å². The lowest BCUT2D eigenvalue weighted by molar-refractivity contribution is -0.595. The van der Waals surface area contributed by atoms with Gasteiger partial charge in [-0.2, -0.15) is 4.57 Å². The van der Waals surface area contributed by atoms with Crippen LogP contribution < -0.4 is 22.7 Å². The number of primary amides is 1. The summed E-state index contributed by atoms with van der Waals surface area (Å²) in [6.45, 7) is 0. The molecular formula is C12H11ClN2O. The van der Waals surface area contributed by atoms with E-state index in [1.807, 2.05) is 0 Å². The first-order valence-electron chi connectivity index (χ1n) is 6.73. The largest absolute Gasteiger partial charge is 1.00 e. The van der Waals surface area contributed by atoms with Gasteiger partial charge in [-0.05, 0) is 6.07 Å². The first-order valence-corrected chi connectivity index (χ1v) is 4.23. The zero-order valence-electron chi connectivity index (χ0n) is 13.1. The number of para-hydroxylation sites is 1. The predicted octanol–water partition coefficient (Wildman–Crippen LogP) is -1.93. The molecule has 1 aromatic carbocycles. The topological polar surface area (TPSA) is 47.0 Å². The minimum atomic E-state index is -0.660. The molecule has 0 radical (unpaired) electrons. The van der Waals surface area contributed by atoms with Crippen LogP contribution >= 0.6 is 0 Å². The van der Waals surface area contributed by atoms with Crippen LogP contribution in [0, 0.1) is 0 Å². The van der Waals surface area contributed by atoms with E-state index < -0.39 is 24.0 Å². The molecule has 0 spiro atoms. The van der Waals surface area contributed by atoms with E-state index >= 15 is 0 Å². The minimum absolute atomic E-state index is 0. The lowest BCUT2D eigenvalue weighted by Crippen LogP contribution is -3.00. The third-order valence-electron chi connectivity index (χ3n) is 1.83. The van der Waals surface area contributed by atoms with E-state index in [9.17, 15) is 4.79 Å². The molecule has 0 saturated carbocycles. The maximum absolute atomic E-state index is 11.2. The van der Waals surface area contributed by atoms with E-state index in [2.05, 4.69) is 0 Å². The lowest BCUT2D eigenvalue weighted by atomic mass is 10.2. The summed E-state index contributed by atoms with van der Waals surface area (Å²) in [6.07, 6.45) is 2.82. The zero-order chi connectivity index (χ0) is 15.0. The third-order valence-corrected chi connectivity index (χ3v) is 1.83. The summed E-state index contributed by atoms with van der Waals surface area (Å²) < 4.78 is 39.7. The van der Waals surface area contributed by atoms with Gasteiger partial charge in [0.15, 0.2) is 12.4 Å². The van der Waals surface area contributed by atoms with E-state index in [1.165, 1.54) is 29.1 Å². The van der Waals surface area contributed by atoms with Gasteiger partial charge in [-0.25, -0.2) is 0 Å². The summed E-state index contributed by atoms with van der Waals surface area (Å²) in [6, 6.07) is 0.978. The van der Waals surface area contributed by atoms with Crippen molar-refractivity contribution in [3.63, 3.8) is 0 Å². The van der Waals surface area contributed by atoms with Gasteiger partial charge in [0.25, 0.3) is 5.91 Å². The fraction of sp³-hybridized carbons (Fsp3) is 0. The molecule has 1 aromatic heterocycles. The van der Waals surface area contributed by atoms with Crippen molar-refractivity contribution in [1.29, 1.82) is 0 Å². The van der Waals surface area contributed by atoms with E-state index in [1.54, 1.807) is 0 Å². The van der Waals surface area contributed by atoms with Crippen molar-refractivity contribution in [2.45, 2.75) is 0 Å². The van der Waals surface area contributed by atoms with Crippen molar-refractivity contribution in [1.82, 2.24) is 0 Å². The van der Waals surface area contributed by atoms with Crippen molar-refractivity contribution in [2.75, 3.05) is 0 Å². The number of hydrogen-bond donors (Lipinski definition) is 1. The van der Waals surface area contributed by atoms with E-state index in [0.717, 1.165) is 0 Å². The Morgan fingerprint density at radius 3 is 2.62 bits per heavy atom. The fourth-order valence-electron chi connectivity index (χ4n) is 1.13. The molecule has 2 aromatic rings. The number of pyridine rings is 1. The zero-order valence-corrected chi connectivity index (χ0v) is 8.88. The molecule has 0 unspecified atom stereocenters. The molecule has 0 bridgehead atoms. The van der Waals surface area contributed by atoms with Crippen molar-refractivity contribution in [3.05, 3.63) is 60.3 Å². The Morgan fingerprint density at radius 2 is 2.00 bits per heavy atom. The number of halogens is 1. The van der Waals surface area contributed by atoms with Crippen molar-refractivity contribution in [2.24, 2.45) is 5.73 Å². The molecular weight excluding hydrogens is 224 g/mol. The highest BCUT2D eigenvalue weighted by atomic mass is 35.5. The summed E-state index contributed by atoms with van der Waals surface area (Å²) in [5.41, 5.74) is 5.32. The van der Waals surface area contributed by atoms with Gasteiger partial charge in [-0.1, -0.05) is 18.1 Å². The average molecular weight is 240 g/mol. The van der Waals surface area contributed by atoms with Crippen LogP contribution in [0.5, 0.6) is 0 Å². The van der Waals surface area contributed by atoms with Gasteiger partial charge in [-0.15, -0.1) is 0 Å². The molecule has 1 amide bonds. The second-order valence-electron chi connectivity index (χ2n) is 2.84. The molecule has 1 heterocycles. The van der Waals surface area contributed by atoms with E-state index in [0.29, 0.717) is 0 Å². The first-order chi connectivity index (χ1) is 9.34. The molecule has 0 aliphatic carbocycles. The second kappa shape index (κ2) is 5.28. The number of carbonyl (C=O) groups excluding carboxylic acids is 1. The number of carbonyl (C=O) groups is 1. The Morgan fingerprint density at radius 1 is 1.31 bits per heavy atom. The number of amides is 1. The standard InChI is InChI=1S/C12H10N2O.ClH/c13-12(15)10-5-4-8-14(9-10)11-6-2-1-3-7-11;/h1-9H,(H-,13,15);1H/i1D,2D,3D,6D,7D;. The van der Waals surface area contributed by atoms with Crippen LogP contribution in [-0.2, 0) is 0 Å². The van der Waals surface area contributed by atoms with Gasteiger partial charge >= 0.3 is 0 Å². The second-order valence-corrected chi connectivity index (χ2v) is 2.84. The van der Waals surface area contributed by atoms with Gasteiger partial charge in [0.05, 0.1) is 6.85 Å². The monoisotopic (exact) mass is 239 g/mol. The molecule has 0 aliphatic rings. The highest BCUT2D eigenvalue weighted by Gasteiger charge is 2.08.